The quantitative estimate of drug-likeness (QED) is 0.843. The molecule has 1 N–H and O–H groups in total. The Bertz CT molecular complexity index is 343. The van der Waals surface area contributed by atoms with Gasteiger partial charge in [-0.25, -0.2) is 4.98 Å². The third-order valence-corrected chi connectivity index (χ3v) is 3.91. The molecule has 1 aromatic heterocycles. The summed E-state index contributed by atoms with van der Waals surface area (Å²) < 4.78 is 0. The average molecular weight is 232 g/mol. The summed E-state index contributed by atoms with van der Waals surface area (Å²) in [5.41, 5.74) is 1.28. The van der Waals surface area contributed by atoms with Crippen LogP contribution in [0.25, 0.3) is 0 Å². The van der Waals surface area contributed by atoms with Crippen LogP contribution in [0.5, 0.6) is 0 Å². The van der Waals surface area contributed by atoms with Gasteiger partial charge in [-0.05, 0) is 49.8 Å². The van der Waals surface area contributed by atoms with Crippen LogP contribution in [0.2, 0.25) is 0 Å². The molecule has 1 unspecified atom stereocenters. The first-order valence-electron chi connectivity index (χ1n) is 6.99. The number of rotatable bonds is 4. The first-order chi connectivity index (χ1) is 8.29. The van der Waals surface area contributed by atoms with E-state index in [1.165, 1.54) is 44.1 Å². The van der Waals surface area contributed by atoms with E-state index in [9.17, 15) is 0 Å². The summed E-state index contributed by atoms with van der Waals surface area (Å²) in [5, 5.41) is 3.63. The summed E-state index contributed by atoms with van der Waals surface area (Å²) in [6.07, 6.45) is 10.1. The number of nitrogens with one attached hydrogen (secondary N) is 1. The first-order valence-corrected chi connectivity index (χ1v) is 6.99. The molecule has 1 fully saturated rings. The maximum Gasteiger partial charge on any atom is 0.126 e. The number of pyridine rings is 1. The van der Waals surface area contributed by atoms with Gasteiger partial charge < -0.3 is 5.32 Å². The summed E-state index contributed by atoms with van der Waals surface area (Å²) in [4.78, 5) is 4.41. The standard InChI is InChI=1S/C15H24N2/c1-3-14(13-7-5-4-6-8-13)17-15-11-12(2)9-10-16-15/h9-11,13-14H,3-8H2,1-2H3,(H,16,17). The van der Waals surface area contributed by atoms with Crippen molar-refractivity contribution in [2.45, 2.75) is 58.4 Å². The Kier molecular flexibility index (Phi) is 4.41. The number of aryl methyl sites for hydroxylation is 1. The van der Waals surface area contributed by atoms with E-state index >= 15 is 0 Å². The lowest BCUT2D eigenvalue weighted by molar-refractivity contribution is 0.312. The zero-order valence-corrected chi connectivity index (χ0v) is 11.1. The molecule has 1 heterocycles. The summed E-state index contributed by atoms with van der Waals surface area (Å²) in [6.45, 7) is 4.40. The molecule has 1 aromatic rings. The summed E-state index contributed by atoms with van der Waals surface area (Å²) >= 11 is 0. The van der Waals surface area contributed by atoms with Gasteiger partial charge in [-0.15, -0.1) is 0 Å². The maximum absolute atomic E-state index is 4.41. The van der Waals surface area contributed by atoms with Crippen molar-refractivity contribution in [2.24, 2.45) is 5.92 Å². The molecule has 0 saturated heterocycles. The second-order valence-electron chi connectivity index (χ2n) is 5.28. The molecule has 1 aliphatic carbocycles. The second kappa shape index (κ2) is 6.04. The highest BCUT2D eigenvalue weighted by atomic mass is 15.0. The predicted octanol–water partition coefficient (Wildman–Crippen LogP) is 4.16. The first kappa shape index (κ1) is 12.4. The second-order valence-corrected chi connectivity index (χ2v) is 5.28. The van der Waals surface area contributed by atoms with Crippen LogP contribution >= 0.6 is 0 Å². The van der Waals surface area contributed by atoms with Gasteiger partial charge in [0.1, 0.15) is 5.82 Å². The Balaban J connectivity index is 1.98. The Hall–Kier alpha value is -1.05. The van der Waals surface area contributed by atoms with Crippen LogP contribution in [0.15, 0.2) is 18.3 Å². The fraction of sp³-hybridized carbons (Fsp3) is 0.667. The van der Waals surface area contributed by atoms with E-state index in [1.807, 2.05) is 12.3 Å². The molecular weight excluding hydrogens is 208 g/mol. The topological polar surface area (TPSA) is 24.9 Å². The molecule has 2 rings (SSSR count). The highest BCUT2D eigenvalue weighted by molar-refractivity contribution is 5.38. The number of aromatic nitrogens is 1. The van der Waals surface area contributed by atoms with Crippen LogP contribution < -0.4 is 5.32 Å². The molecule has 1 aliphatic rings. The fourth-order valence-corrected chi connectivity index (χ4v) is 2.89. The lowest BCUT2D eigenvalue weighted by Crippen LogP contribution is -2.30. The van der Waals surface area contributed by atoms with Gasteiger partial charge >= 0.3 is 0 Å². The minimum absolute atomic E-state index is 0.601. The Morgan fingerprint density at radius 2 is 2.12 bits per heavy atom. The van der Waals surface area contributed by atoms with Gasteiger partial charge in [0.05, 0.1) is 0 Å². The monoisotopic (exact) mass is 232 g/mol. The SMILES string of the molecule is CCC(Nc1cc(C)ccn1)C1CCCCC1. The molecule has 2 heteroatoms. The van der Waals surface area contributed by atoms with Crippen LogP contribution in [-0.4, -0.2) is 11.0 Å². The smallest absolute Gasteiger partial charge is 0.126 e. The number of nitrogens with zero attached hydrogens (tertiary/aromatic N) is 1. The van der Waals surface area contributed by atoms with Gasteiger partial charge in [0, 0.05) is 12.2 Å². The van der Waals surface area contributed by atoms with Crippen LogP contribution in [0.1, 0.15) is 51.0 Å². The molecule has 0 radical (unpaired) electrons. The molecular formula is C15H24N2. The normalized spacial score (nSPS) is 18.9. The van der Waals surface area contributed by atoms with Crippen molar-refractivity contribution in [1.29, 1.82) is 0 Å². The predicted molar refractivity (Wildman–Crippen MR) is 73.3 cm³/mol. The van der Waals surface area contributed by atoms with E-state index in [1.54, 1.807) is 0 Å². The highest BCUT2D eigenvalue weighted by Crippen LogP contribution is 2.29. The third-order valence-electron chi connectivity index (χ3n) is 3.91. The molecule has 1 atom stereocenters. The molecule has 0 spiro atoms. The van der Waals surface area contributed by atoms with Crippen molar-refractivity contribution in [3.05, 3.63) is 23.9 Å². The lowest BCUT2D eigenvalue weighted by Gasteiger charge is -2.30. The zero-order chi connectivity index (χ0) is 12.1. The number of anilines is 1. The van der Waals surface area contributed by atoms with Crippen LogP contribution in [0.3, 0.4) is 0 Å². The van der Waals surface area contributed by atoms with E-state index < -0.39 is 0 Å². The van der Waals surface area contributed by atoms with Crippen LogP contribution in [0, 0.1) is 12.8 Å². The summed E-state index contributed by atoms with van der Waals surface area (Å²) in [7, 11) is 0. The van der Waals surface area contributed by atoms with Crippen molar-refractivity contribution in [3.63, 3.8) is 0 Å². The van der Waals surface area contributed by atoms with E-state index in [4.69, 9.17) is 0 Å². The maximum atomic E-state index is 4.41. The lowest BCUT2D eigenvalue weighted by atomic mass is 9.83. The minimum atomic E-state index is 0.601. The number of hydrogen-bond acceptors (Lipinski definition) is 2. The molecule has 94 valence electrons. The Morgan fingerprint density at radius 1 is 1.35 bits per heavy atom. The molecule has 0 aliphatic heterocycles. The van der Waals surface area contributed by atoms with Gasteiger partial charge in [0.2, 0.25) is 0 Å². The van der Waals surface area contributed by atoms with Crippen molar-refractivity contribution in [1.82, 2.24) is 4.98 Å². The minimum Gasteiger partial charge on any atom is -0.367 e. The molecule has 17 heavy (non-hydrogen) atoms. The molecule has 2 nitrogen and oxygen atoms in total. The Labute approximate surface area is 105 Å². The molecule has 0 bridgehead atoms. The van der Waals surface area contributed by atoms with Crippen molar-refractivity contribution >= 4 is 5.82 Å². The van der Waals surface area contributed by atoms with Gasteiger partial charge in [-0.1, -0.05) is 26.2 Å². The van der Waals surface area contributed by atoms with Crippen LogP contribution in [0.4, 0.5) is 5.82 Å². The van der Waals surface area contributed by atoms with Gasteiger partial charge in [0.25, 0.3) is 0 Å². The number of hydrogen-bond donors (Lipinski definition) is 1. The van der Waals surface area contributed by atoms with Gasteiger partial charge in [0.15, 0.2) is 0 Å². The Morgan fingerprint density at radius 3 is 2.76 bits per heavy atom. The van der Waals surface area contributed by atoms with Crippen LogP contribution in [-0.2, 0) is 0 Å². The third kappa shape index (κ3) is 3.45. The van der Waals surface area contributed by atoms with Crippen molar-refractivity contribution in [3.8, 4) is 0 Å². The van der Waals surface area contributed by atoms with Crippen molar-refractivity contribution < 1.29 is 0 Å². The van der Waals surface area contributed by atoms with E-state index in [0.717, 1.165) is 11.7 Å². The molecule has 0 amide bonds. The van der Waals surface area contributed by atoms with Gasteiger partial charge in [-0.3, -0.25) is 0 Å². The average Bonchev–Trinajstić information content (AvgIpc) is 2.37. The zero-order valence-electron chi connectivity index (χ0n) is 11.1. The van der Waals surface area contributed by atoms with E-state index in [-0.39, 0.29) is 0 Å². The summed E-state index contributed by atoms with van der Waals surface area (Å²) in [5.74, 6) is 1.89. The van der Waals surface area contributed by atoms with Crippen molar-refractivity contribution in [2.75, 3.05) is 5.32 Å². The summed E-state index contributed by atoms with van der Waals surface area (Å²) in [6, 6.07) is 4.79. The van der Waals surface area contributed by atoms with E-state index in [2.05, 4.69) is 30.2 Å². The van der Waals surface area contributed by atoms with Gasteiger partial charge in [-0.2, -0.15) is 0 Å². The largest absolute Gasteiger partial charge is 0.367 e. The molecule has 0 aromatic carbocycles. The fourth-order valence-electron chi connectivity index (χ4n) is 2.89. The van der Waals surface area contributed by atoms with E-state index in [0.29, 0.717) is 6.04 Å². The molecule has 1 saturated carbocycles. The highest BCUT2D eigenvalue weighted by Gasteiger charge is 2.22.